The molecule has 0 saturated carbocycles. The molecule has 0 radical (unpaired) electrons. The predicted molar refractivity (Wildman–Crippen MR) is 190 cm³/mol. The number of rotatable bonds is 20. The van der Waals surface area contributed by atoms with Crippen molar-refractivity contribution >= 4 is 17.6 Å². The number of methoxy groups -OCH3 is 1. The number of ketones is 2. The molecule has 0 aromatic heterocycles. The summed E-state index contributed by atoms with van der Waals surface area (Å²) in [4.78, 5) is 25.5. The fraction of sp³-hybridized carbons (Fsp3) is 0.487. The van der Waals surface area contributed by atoms with E-state index in [2.05, 4.69) is 55.7 Å². The van der Waals surface area contributed by atoms with E-state index in [4.69, 9.17) is 10.5 Å². The zero-order chi connectivity index (χ0) is 34.3. The summed E-state index contributed by atoms with van der Waals surface area (Å²) in [5, 5.41) is 26.3. The molecule has 0 amide bonds. The third-order valence-corrected chi connectivity index (χ3v) is 8.69. The Kier molecular flexibility index (Phi) is 15.4. The molecule has 256 valence electrons. The van der Waals surface area contributed by atoms with Crippen LogP contribution >= 0.6 is 0 Å². The maximum atomic E-state index is 12.8. The molecule has 0 fully saturated rings. The maximum absolute atomic E-state index is 12.8. The average molecular weight is 646 g/mol. The van der Waals surface area contributed by atoms with E-state index in [-0.39, 0.29) is 36.5 Å². The van der Waals surface area contributed by atoms with E-state index in [1.54, 1.807) is 18.2 Å². The molecule has 0 saturated heterocycles. The number of ether oxygens (including phenoxy) is 1. The van der Waals surface area contributed by atoms with Crippen LogP contribution < -0.4 is 21.1 Å². The van der Waals surface area contributed by atoms with Gasteiger partial charge in [0.15, 0.2) is 17.3 Å². The number of benzene rings is 2. The van der Waals surface area contributed by atoms with Gasteiger partial charge in [0.25, 0.3) is 0 Å². The lowest BCUT2D eigenvalue weighted by Crippen LogP contribution is -2.38. The van der Waals surface area contributed by atoms with Gasteiger partial charge in [0, 0.05) is 19.2 Å². The summed E-state index contributed by atoms with van der Waals surface area (Å²) in [6, 6.07) is 9.87. The van der Waals surface area contributed by atoms with E-state index < -0.39 is 0 Å². The summed E-state index contributed by atoms with van der Waals surface area (Å²) in [7, 11) is 3.43. The molecule has 3 unspecified atom stereocenters. The first-order valence-electron chi connectivity index (χ1n) is 16.9. The maximum Gasteiger partial charge on any atom is 0.163 e. The number of allylic oxidation sites excluding steroid dienone is 3. The van der Waals surface area contributed by atoms with Crippen LogP contribution in [0.2, 0.25) is 0 Å². The summed E-state index contributed by atoms with van der Waals surface area (Å²) >= 11 is 0. The monoisotopic (exact) mass is 645 g/mol. The second kappa shape index (κ2) is 19.2. The number of hydrogen-bond acceptors (Lipinski definition) is 8. The number of aryl methyl sites for hydroxylation is 2. The molecule has 6 N–H and O–H groups in total. The molecule has 1 aliphatic heterocycles. The Morgan fingerprint density at radius 3 is 2.49 bits per heavy atom. The second-order valence-corrected chi connectivity index (χ2v) is 13.2. The zero-order valence-corrected chi connectivity index (χ0v) is 28.9. The minimum absolute atomic E-state index is 0.0132. The van der Waals surface area contributed by atoms with Crippen molar-refractivity contribution < 1.29 is 24.5 Å². The first kappa shape index (κ1) is 37.7. The van der Waals surface area contributed by atoms with Gasteiger partial charge in [-0.05, 0) is 124 Å². The van der Waals surface area contributed by atoms with Crippen LogP contribution in [0.1, 0.15) is 79.7 Å². The Labute approximate surface area is 281 Å². The third kappa shape index (κ3) is 12.8. The minimum atomic E-state index is -0.299. The molecule has 1 aliphatic rings. The Hall–Kier alpha value is -3.72. The number of phenols is 1. The highest BCUT2D eigenvalue weighted by molar-refractivity contribution is 6.06. The van der Waals surface area contributed by atoms with E-state index in [1.807, 2.05) is 13.2 Å². The van der Waals surface area contributed by atoms with Gasteiger partial charge in [-0.2, -0.15) is 0 Å². The number of dihydropyridines is 1. The van der Waals surface area contributed by atoms with E-state index in [0.29, 0.717) is 30.4 Å². The topological polar surface area (TPSA) is 134 Å². The van der Waals surface area contributed by atoms with Crippen LogP contribution in [0.15, 0.2) is 59.8 Å². The molecule has 8 heteroatoms. The zero-order valence-electron chi connectivity index (χ0n) is 28.9. The number of aliphatic hydroxyl groups is 1. The molecule has 2 aromatic carbocycles. The van der Waals surface area contributed by atoms with Gasteiger partial charge < -0.3 is 31.3 Å². The number of aromatic hydroxyl groups is 1. The van der Waals surface area contributed by atoms with Gasteiger partial charge in [-0.15, -0.1) is 0 Å². The quantitative estimate of drug-likeness (QED) is 0.0895. The van der Waals surface area contributed by atoms with Crippen LogP contribution in [-0.2, 0) is 22.4 Å². The molecule has 3 rings (SSSR count). The predicted octanol–water partition coefficient (Wildman–Crippen LogP) is 5.85. The van der Waals surface area contributed by atoms with Crippen molar-refractivity contribution in [2.75, 3.05) is 27.3 Å². The summed E-state index contributed by atoms with van der Waals surface area (Å²) in [5.41, 5.74) is 13.6. The lowest BCUT2D eigenvalue weighted by molar-refractivity contribution is -0.124. The normalized spacial score (nSPS) is 15.9. The number of phenolic OH excluding ortho intramolecular Hbond substituents is 1. The molecule has 8 nitrogen and oxygen atoms in total. The molecule has 0 bridgehead atoms. The highest BCUT2D eigenvalue weighted by atomic mass is 16.5. The van der Waals surface area contributed by atoms with Gasteiger partial charge in [0.2, 0.25) is 0 Å². The molecule has 3 atom stereocenters. The number of nitrogens with one attached hydrogen (secondary N) is 2. The van der Waals surface area contributed by atoms with Crippen molar-refractivity contribution in [3.8, 4) is 11.5 Å². The van der Waals surface area contributed by atoms with Gasteiger partial charge in [0.05, 0.1) is 19.7 Å². The molecular weight excluding hydrogens is 590 g/mol. The molecule has 47 heavy (non-hydrogen) atoms. The number of carbonyl (C=O) groups is 2. The fourth-order valence-electron chi connectivity index (χ4n) is 6.54. The molecule has 1 heterocycles. The van der Waals surface area contributed by atoms with Crippen molar-refractivity contribution in [2.24, 2.45) is 17.6 Å². The van der Waals surface area contributed by atoms with Gasteiger partial charge in [-0.1, -0.05) is 54.8 Å². The van der Waals surface area contributed by atoms with E-state index in [9.17, 15) is 19.8 Å². The molecular formula is C39H55N3O5. The lowest BCUT2D eigenvalue weighted by Gasteiger charge is -2.23. The molecule has 0 spiro atoms. The fourth-order valence-corrected chi connectivity index (χ4v) is 6.54. The van der Waals surface area contributed by atoms with E-state index >= 15 is 0 Å². The van der Waals surface area contributed by atoms with Gasteiger partial charge in [-0.3, -0.25) is 9.59 Å². The lowest BCUT2D eigenvalue weighted by atomic mass is 9.87. The van der Waals surface area contributed by atoms with Crippen molar-refractivity contribution in [2.45, 2.75) is 84.7 Å². The van der Waals surface area contributed by atoms with Gasteiger partial charge >= 0.3 is 0 Å². The number of carbonyl (C=O) groups excluding carboxylic acids is 2. The number of Topliss-reactive ketones (excluding diaryl/α,β-unsaturated/α-hetero) is 1. The summed E-state index contributed by atoms with van der Waals surface area (Å²) in [6.07, 6.45) is 12.7. The minimum Gasteiger partial charge on any atom is -0.504 e. The van der Waals surface area contributed by atoms with Crippen molar-refractivity contribution in [3.63, 3.8) is 0 Å². The number of nitrogens with two attached hydrogens (primary N) is 1. The first-order chi connectivity index (χ1) is 22.5. The number of aliphatic hydroxyl groups excluding tert-OH is 1. The van der Waals surface area contributed by atoms with E-state index in [1.165, 1.54) is 29.9 Å². The van der Waals surface area contributed by atoms with Crippen LogP contribution in [-0.4, -0.2) is 55.3 Å². The van der Waals surface area contributed by atoms with Gasteiger partial charge in [-0.25, -0.2) is 0 Å². The standard InChI is InChI=1S/C39H55N3O5/c1-26-14-27(2)16-30(15-26)18-34-20-31(25-42-39(34)40)19-33-21-37(46)38(47-5)22-32(33)11-12-36(45)23-35(44)10-6-8-29(9-7-13-43)17-28(3)24-41-4/h11-12,14-16,20-22,25,28-29,39,41-43,46H,6-10,13,17-19,23-24,40H2,1-5H3. The number of hydrogen-bond donors (Lipinski definition) is 5. The Bertz CT molecular complexity index is 1420. The smallest absolute Gasteiger partial charge is 0.163 e. The Morgan fingerprint density at radius 2 is 1.81 bits per heavy atom. The van der Waals surface area contributed by atoms with Gasteiger partial charge in [0.1, 0.15) is 5.78 Å². The van der Waals surface area contributed by atoms with E-state index in [0.717, 1.165) is 67.3 Å². The van der Waals surface area contributed by atoms with Crippen molar-refractivity contribution in [1.29, 1.82) is 0 Å². The van der Waals surface area contributed by atoms with Crippen LogP contribution in [0.3, 0.4) is 0 Å². The Morgan fingerprint density at radius 1 is 1.09 bits per heavy atom. The average Bonchev–Trinajstić information content (AvgIpc) is 3.00. The largest absolute Gasteiger partial charge is 0.504 e. The van der Waals surface area contributed by atoms with Crippen LogP contribution in [0, 0.1) is 25.7 Å². The highest BCUT2D eigenvalue weighted by Gasteiger charge is 2.18. The first-order valence-corrected chi connectivity index (χ1v) is 16.9. The molecule has 0 aliphatic carbocycles. The summed E-state index contributed by atoms with van der Waals surface area (Å²) < 4.78 is 5.35. The van der Waals surface area contributed by atoms with Crippen molar-refractivity contribution in [1.82, 2.24) is 10.6 Å². The third-order valence-electron chi connectivity index (χ3n) is 8.69. The van der Waals surface area contributed by atoms with Crippen LogP contribution in [0.5, 0.6) is 11.5 Å². The molecule has 2 aromatic rings. The summed E-state index contributed by atoms with van der Waals surface area (Å²) in [5.74, 6) is 0.981. The van der Waals surface area contributed by atoms with Crippen LogP contribution in [0.4, 0.5) is 0 Å². The Balaban J connectivity index is 1.65. The second-order valence-electron chi connectivity index (χ2n) is 13.2. The van der Waals surface area contributed by atoms with Crippen molar-refractivity contribution in [3.05, 3.63) is 87.6 Å². The van der Waals surface area contributed by atoms with Crippen LogP contribution in [0.25, 0.3) is 6.08 Å². The summed E-state index contributed by atoms with van der Waals surface area (Å²) in [6.45, 7) is 7.52. The SMILES string of the molecule is CNCC(C)CC(CCCO)CCCC(=O)CC(=O)C=Cc1cc(OC)c(O)cc1CC1=CNC(N)C(Cc2cc(C)cc(C)c2)=C1. The highest BCUT2D eigenvalue weighted by Crippen LogP contribution is 2.32.